The monoisotopic (exact) mass is 349 g/mol. The van der Waals surface area contributed by atoms with Crippen LogP contribution in [-0.4, -0.2) is 44.4 Å². The van der Waals surface area contributed by atoms with Crippen LogP contribution in [0.25, 0.3) is 22.2 Å². The van der Waals surface area contributed by atoms with Crippen molar-refractivity contribution in [3.63, 3.8) is 0 Å². The maximum absolute atomic E-state index is 9.41. The first-order valence-corrected chi connectivity index (χ1v) is 8.89. The minimum atomic E-state index is 0.296. The Morgan fingerprint density at radius 2 is 1.92 bits per heavy atom. The number of oxazole rings is 1. The summed E-state index contributed by atoms with van der Waals surface area (Å²) in [6, 6.07) is 16.2. The maximum Gasteiger partial charge on any atom is 0.232 e. The molecule has 3 aromatic rings. The molecule has 1 fully saturated rings. The number of aromatic nitrogens is 1. The first-order valence-electron chi connectivity index (χ1n) is 8.89. The van der Waals surface area contributed by atoms with Crippen LogP contribution in [-0.2, 0) is 4.74 Å². The summed E-state index contributed by atoms with van der Waals surface area (Å²) in [5.41, 5.74) is 1.19. The second-order valence-electron chi connectivity index (χ2n) is 6.37. The van der Waals surface area contributed by atoms with Gasteiger partial charge in [-0.2, -0.15) is 10.2 Å². The highest BCUT2D eigenvalue weighted by Crippen LogP contribution is 2.30. The van der Waals surface area contributed by atoms with Crippen LogP contribution in [0.2, 0.25) is 0 Å². The molecule has 2 aromatic carbocycles. The molecule has 6 heteroatoms. The number of rotatable bonds is 5. The van der Waals surface area contributed by atoms with Gasteiger partial charge in [0.1, 0.15) is 19.2 Å². The molecule has 0 bridgehead atoms. The minimum absolute atomic E-state index is 0.296. The van der Waals surface area contributed by atoms with Crippen molar-refractivity contribution < 1.29 is 14.1 Å². The van der Waals surface area contributed by atoms with Gasteiger partial charge >= 0.3 is 0 Å². The Labute approximate surface area is 152 Å². The molecule has 4 rings (SSSR count). The summed E-state index contributed by atoms with van der Waals surface area (Å²) >= 11 is 0. The van der Waals surface area contributed by atoms with E-state index in [0.29, 0.717) is 17.5 Å². The number of benzene rings is 2. The van der Waals surface area contributed by atoms with Gasteiger partial charge in [0.05, 0.1) is 26.3 Å². The van der Waals surface area contributed by atoms with E-state index in [4.69, 9.17) is 9.15 Å². The average Bonchev–Trinajstić information content (AvgIpc) is 3.11. The van der Waals surface area contributed by atoms with E-state index in [2.05, 4.69) is 28.5 Å². The van der Waals surface area contributed by atoms with Gasteiger partial charge in [-0.1, -0.05) is 36.4 Å². The van der Waals surface area contributed by atoms with Crippen molar-refractivity contribution in [2.45, 2.75) is 0 Å². The van der Waals surface area contributed by atoms with Gasteiger partial charge in [-0.15, -0.1) is 0 Å². The number of hydrogen-bond donors (Lipinski definition) is 2. The zero-order valence-electron chi connectivity index (χ0n) is 14.5. The highest BCUT2D eigenvalue weighted by atomic mass is 16.5. The largest absolute Gasteiger partial charge is 0.419 e. The summed E-state index contributed by atoms with van der Waals surface area (Å²) < 4.78 is 11.3. The Hall–Kier alpha value is -2.88. The Bertz CT molecular complexity index is 933. The van der Waals surface area contributed by atoms with Crippen LogP contribution >= 0.6 is 0 Å². The molecule has 0 atom stereocenters. The molecule has 0 spiro atoms. The second-order valence-corrected chi connectivity index (χ2v) is 6.37. The molecule has 132 valence electrons. The first-order chi connectivity index (χ1) is 12.8. The zero-order chi connectivity index (χ0) is 17.8. The van der Waals surface area contributed by atoms with Gasteiger partial charge in [-0.25, -0.2) is 0 Å². The Kier molecular flexibility index (Phi) is 4.82. The molecular weight excluding hydrogens is 328 g/mol. The number of ether oxygens (including phenoxy) is 1. The Balaban J connectivity index is 1.54. The van der Waals surface area contributed by atoms with Crippen LogP contribution < -0.4 is 10.2 Å². The lowest BCUT2D eigenvalue weighted by atomic mass is 10.0. The SMILES string of the molecule is N#Cc1nc(-c2cccc3ccccc23)oc1NCC[NH+]1CCOCC1. The lowest BCUT2D eigenvalue weighted by Crippen LogP contribution is -3.14. The van der Waals surface area contributed by atoms with E-state index in [1.54, 1.807) is 0 Å². The number of anilines is 1. The molecule has 2 heterocycles. The van der Waals surface area contributed by atoms with E-state index in [0.717, 1.165) is 55.7 Å². The number of morpholine rings is 1. The third kappa shape index (κ3) is 3.40. The standard InChI is InChI=1S/C20H20N4O2/c21-14-18-20(22-8-9-24-10-12-25-13-11-24)26-19(23-18)17-7-3-5-15-4-1-2-6-16(15)17/h1-7,22H,8-13H2/p+1. The minimum Gasteiger partial charge on any atom is -0.419 e. The Morgan fingerprint density at radius 3 is 2.77 bits per heavy atom. The summed E-state index contributed by atoms with van der Waals surface area (Å²) in [5.74, 6) is 0.919. The molecule has 0 aliphatic carbocycles. The van der Waals surface area contributed by atoms with Crippen LogP contribution in [0, 0.1) is 11.3 Å². The predicted molar refractivity (Wildman–Crippen MR) is 99.0 cm³/mol. The molecule has 1 saturated heterocycles. The van der Waals surface area contributed by atoms with Gasteiger partial charge in [-0.05, 0) is 16.8 Å². The third-order valence-corrected chi connectivity index (χ3v) is 4.72. The molecule has 1 aliphatic rings. The van der Waals surface area contributed by atoms with Crippen molar-refractivity contribution in [2.75, 3.05) is 44.7 Å². The molecule has 0 amide bonds. The normalized spacial score (nSPS) is 15.0. The van der Waals surface area contributed by atoms with Crippen LogP contribution in [0.15, 0.2) is 46.9 Å². The highest BCUT2D eigenvalue weighted by molar-refractivity contribution is 5.94. The fourth-order valence-electron chi connectivity index (χ4n) is 3.31. The number of nitrogens with zero attached hydrogens (tertiary/aromatic N) is 2. The molecule has 6 nitrogen and oxygen atoms in total. The van der Waals surface area contributed by atoms with E-state index in [-0.39, 0.29) is 0 Å². The molecule has 1 aliphatic heterocycles. The fourth-order valence-corrected chi connectivity index (χ4v) is 3.31. The van der Waals surface area contributed by atoms with Gasteiger partial charge in [0.2, 0.25) is 17.5 Å². The van der Waals surface area contributed by atoms with Gasteiger partial charge in [0.15, 0.2) is 0 Å². The van der Waals surface area contributed by atoms with Crippen LogP contribution in [0.3, 0.4) is 0 Å². The first kappa shape index (κ1) is 16.6. The summed E-state index contributed by atoms with van der Waals surface area (Å²) in [5, 5.41) is 14.8. The zero-order valence-corrected chi connectivity index (χ0v) is 14.5. The van der Waals surface area contributed by atoms with Crippen molar-refractivity contribution in [2.24, 2.45) is 0 Å². The molecule has 0 saturated carbocycles. The number of fused-ring (bicyclic) bond motifs is 1. The van der Waals surface area contributed by atoms with E-state index < -0.39 is 0 Å². The highest BCUT2D eigenvalue weighted by Gasteiger charge is 2.17. The van der Waals surface area contributed by atoms with Gasteiger partial charge < -0.3 is 19.4 Å². The van der Waals surface area contributed by atoms with Crippen molar-refractivity contribution >= 4 is 16.7 Å². The molecule has 1 aromatic heterocycles. The Morgan fingerprint density at radius 1 is 1.12 bits per heavy atom. The van der Waals surface area contributed by atoms with Crippen LogP contribution in [0.1, 0.15) is 5.69 Å². The van der Waals surface area contributed by atoms with E-state index in [1.807, 2.05) is 30.3 Å². The maximum atomic E-state index is 9.41. The van der Waals surface area contributed by atoms with Crippen molar-refractivity contribution in [1.29, 1.82) is 5.26 Å². The molecule has 26 heavy (non-hydrogen) atoms. The fraction of sp³-hybridized carbons (Fsp3) is 0.300. The summed E-state index contributed by atoms with van der Waals surface area (Å²) in [7, 11) is 0. The molecular formula is C20H21N4O2+. The average molecular weight is 349 g/mol. The predicted octanol–water partition coefficient (Wildman–Crippen LogP) is 1.69. The smallest absolute Gasteiger partial charge is 0.232 e. The number of quaternary nitrogens is 1. The van der Waals surface area contributed by atoms with Gasteiger partial charge in [-0.3, -0.25) is 0 Å². The second kappa shape index (κ2) is 7.56. The number of nitrogens with one attached hydrogen (secondary N) is 2. The molecule has 2 N–H and O–H groups in total. The third-order valence-electron chi connectivity index (χ3n) is 4.72. The lowest BCUT2D eigenvalue weighted by Gasteiger charge is -2.23. The van der Waals surface area contributed by atoms with Gasteiger partial charge in [0, 0.05) is 5.56 Å². The lowest BCUT2D eigenvalue weighted by molar-refractivity contribution is -0.906. The summed E-state index contributed by atoms with van der Waals surface area (Å²) in [6.07, 6.45) is 0. The van der Waals surface area contributed by atoms with Gasteiger partial charge in [0.25, 0.3) is 0 Å². The quantitative estimate of drug-likeness (QED) is 0.733. The van der Waals surface area contributed by atoms with E-state index in [1.165, 1.54) is 4.90 Å². The van der Waals surface area contributed by atoms with Crippen LogP contribution in [0.5, 0.6) is 0 Å². The number of hydrogen-bond acceptors (Lipinski definition) is 5. The molecule has 0 radical (unpaired) electrons. The van der Waals surface area contributed by atoms with E-state index in [9.17, 15) is 5.26 Å². The van der Waals surface area contributed by atoms with Crippen molar-refractivity contribution in [3.05, 3.63) is 48.2 Å². The topological polar surface area (TPSA) is 75.5 Å². The number of nitriles is 1. The van der Waals surface area contributed by atoms with Crippen molar-refractivity contribution in [3.8, 4) is 17.5 Å². The molecule has 0 unspecified atom stereocenters. The van der Waals surface area contributed by atoms with E-state index >= 15 is 0 Å². The summed E-state index contributed by atoms with van der Waals surface area (Å²) in [4.78, 5) is 5.89. The van der Waals surface area contributed by atoms with Crippen molar-refractivity contribution in [1.82, 2.24) is 4.98 Å². The van der Waals surface area contributed by atoms with Crippen LogP contribution in [0.4, 0.5) is 5.88 Å². The summed E-state index contributed by atoms with van der Waals surface area (Å²) in [6.45, 7) is 5.35.